The summed E-state index contributed by atoms with van der Waals surface area (Å²) in [6.07, 6.45) is 3.87. The molecule has 0 radical (unpaired) electrons. The minimum Gasteiger partial charge on any atom is -0.495 e. The molecule has 1 aromatic carbocycles. The number of benzene rings is 1. The minimum atomic E-state index is -3.59. The van der Waals surface area contributed by atoms with Gasteiger partial charge in [-0.05, 0) is 63.1 Å². The van der Waals surface area contributed by atoms with Crippen molar-refractivity contribution in [1.29, 1.82) is 0 Å². The predicted octanol–water partition coefficient (Wildman–Crippen LogP) is 3.56. The summed E-state index contributed by atoms with van der Waals surface area (Å²) >= 11 is 0. The van der Waals surface area contributed by atoms with Gasteiger partial charge in [-0.2, -0.15) is 13.8 Å². The topological polar surface area (TPSA) is 143 Å². The van der Waals surface area contributed by atoms with Gasteiger partial charge >= 0.3 is 12.0 Å². The standard InChI is InChI=1S/C29H38F2N8O5/c1-18(2)39-17-29(30,31)25(41)36(3)21-16-32-26(34-23(21)39)33-20-6-5-19(15-22(20)44-4)24(40)35-38-13-9-28(10-14-38)7-11-37(12-8-28)27(42)43/h5-6,15-16,18H,7-14,17H2,1-4H3,(H,35,40)(H,42,43)(H,32,33,34). The van der Waals surface area contributed by atoms with E-state index in [1.807, 2.05) is 5.01 Å². The van der Waals surface area contributed by atoms with Gasteiger partial charge in [0.1, 0.15) is 11.4 Å². The van der Waals surface area contributed by atoms with Gasteiger partial charge in [0.15, 0.2) is 5.82 Å². The Bertz CT molecular complexity index is 1420. The molecule has 3 aliphatic rings. The van der Waals surface area contributed by atoms with Crippen molar-refractivity contribution in [2.75, 3.05) is 62.0 Å². The van der Waals surface area contributed by atoms with Crippen LogP contribution in [0.2, 0.25) is 0 Å². The molecule has 3 N–H and O–H groups in total. The number of carbonyl (C=O) groups is 3. The summed E-state index contributed by atoms with van der Waals surface area (Å²) in [6.45, 7) is 5.10. The maximum Gasteiger partial charge on any atom is 0.407 e. The monoisotopic (exact) mass is 616 g/mol. The molecule has 2 saturated heterocycles. The van der Waals surface area contributed by atoms with Gasteiger partial charge in [0.2, 0.25) is 5.95 Å². The van der Waals surface area contributed by atoms with Gasteiger partial charge in [-0.3, -0.25) is 15.0 Å². The van der Waals surface area contributed by atoms with Crippen molar-refractivity contribution in [1.82, 2.24) is 25.3 Å². The highest BCUT2D eigenvalue weighted by Gasteiger charge is 2.47. The number of carboxylic acid groups (broad SMARTS) is 1. The third-order valence-corrected chi connectivity index (χ3v) is 8.88. The fourth-order valence-corrected chi connectivity index (χ4v) is 6.04. The molecule has 238 valence electrons. The molecule has 5 rings (SSSR count). The van der Waals surface area contributed by atoms with E-state index >= 15 is 0 Å². The average molecular weight is 617 g/mol. The van der Waals surface area contributed by atoms with E-state index in [9.17, 15) is 28.3 Å². The lowest BCUT2D eigenvalue weighted by Crippen LogP contribution is -2.52. The van der Waals surface area contributed by atoms with Crippen LogP contribution >= 0.6 is 0 Å². The summed E-state index contributed by atoms with van der Waals surface area (Å²) in [7, 11) is 2.73. The van der Waals surface area contributed by atoms with E-state index in [1.54, 1.807) is 32.0 Å². The second-order valence-electron chi connectivity index (χ2n) is 11.9. The number of alkyl halides is 2. The summed E-state index contributed by atoms with van der Waals surface area (Å²) < 4.78 is 34.8. The first kappa shape index (κ1) is 31.2. The molecule has 3 amide bonds. The Morgan fingerprint density at radius 2 is 1.75 bits per heavy atom. The summed E-state index contributed by atoms with van der Waals surface area (Å²) in [5.41, 5.74) is 4.07. The van der Waals surface area contributed by atoms with Gasteiger partial charge in [-0.15, -0.1) is 0 Å². The molecule has 0 aliphatic carbocycles. The fraction of sp³-hybridized carbons (Fsp3) is 0.552. The maximum atomic E-state index is 14.6. The number of likely N-dealkylation sites (tertiary alicyclic amines) is 1. The Labute approximate surface area is 254 Å². The van der Waals surface area contributed by atoms with Gasteiger partial charge in [-0.25, -0.2) is 14.8 Å². The quantitative estimate of drug-likeness (QED) is 0.441. The van der Waals surface area contributed by atoms with Crippen molar-refractivity contribution in [3.63, 3.8) is 0 Å². The van der Waals surface area contributed by atoms with Crippen molar-refractivity contribution in [3.8, 4) is 5.75 Å². The minimum absolute atomic E-state index is 0.104. The molecule has 2 aromatic rings. The first-order valence-electron chi connectivity index (χ1n) is 14.6. The van der Waals surface area contributed by atoms with Crippen LogP contribution in [0.25, 0.3) is 0 Å². The zero-order valence-corrected chi connectivity index (χ0v) is 25.3. The van der Waals surface area contributed by atoms with E-state index in [1.165, 1.54) is 30.2 Å². The second-order valence-corrected chi connectivity index (χ2v) is 11.9. The average Bonchev–Trinajstić information content (AvgIpc) is 3.07. The molecule has 0 atom stereocenters. The number of hydrazine groups is 1. The van der Waals surface area contributed by atoms with Crippen molar-refractivity contribution < 1.29 is 33.0 Å². The van der Waals surface area contributed by atoms with Gasteiger partial charge in [0, 0.05) is 44.8 Å². The normalized spacial score (nSPS) is 19.9. The van der Waals surface area contributed by atoms with Crippen LogP contribution in [0.5, 0.6) is 5.75 Å². The molecule has 1 spiro atoms. The van der Waals surface area contributed by atoms with Gasteiger partial charge in [0.25, 0.3) is 11.8 Å². The number of nitrogens with one attached hydrogen (secondary N) is 2. The Hall–Kier alpha value is -4.27. The van der Waals surface area contributed by atoms with Crippen molar-refractivity contribution in [2.45, 2.75) is 51.5 Å². The molecule has 13 nitrogen and oxygen atoms in total. The molecule has 0 unspecified atom stereocenters. The molecular weight excluding hydrogens is 578 g/mol. The zero-order valence-electron chi connectivity index (χ0n) is 25.3. The molecule has 15 heteroatoms. The van der Waals surface area contributed by atoms with E-state index in [2.05, 4.69) is 20.7 Å². The summed E-state index contributed by atoms with van der Waals surface area (Å²) in [5, 5.41) is 14.2. The molecule has 1 aromatic heterocycles. The van der Waals surface area contributed by atoms with Crippen molar-refractivity contribution in [3.05, 3.63) is 30.0 Å². The van der Waals surface area contributed by atoms with Crippen LogP contribution in [0, 0.1) is 5.41 Å². The van der Waals surface area contributed by atoms with Crippen LogP contribution in [-0.4, -0.2) is 102 Å². The highest BCUT2D eigenvalue weighted by atomic mass is 19.3. The molecule has 0 bridgehead atoms. The number of amides is 3. The Morgan fingerprint density at radius 1 is 1.09 bits per heavy atom. The Kier molecular flexibility index (Phi) is 8.51. The van der Waals surface area contributed by atoms with E-state index in [0.717, 1.165) is 30.6 Å². The largest absolute Gasteiger partial charge is 0.495 e. The lowest BCUT2D eigenvalue weighted by Gasteiger charge is -2.46. The predicted molar refractivity (Wildman–Crippen MR) is 159 cm³/mol. The number of ether oxygens (including phenoxy) is 1. The van der Waals surface area contributed by atoms with Crippen LogP contribution in [0.1, 0.15) is 49.9 Å². The number of fused-ring (bicyclic) bond motifs is 1. The molecule has 44 heavy (non-hydrogen) atoms. The number of piperidine rings is 2. The van der Waals surface area contributed by atoms with E-state index in [-0.39, 0.29) is 34.8 Å². The molecule has 3 aliphatic heterocycles. The molecule has 0 saturated carbocycles. The van der Waals surface area contributed by atoms with Crippen molar-refractivity contribution in [2.24, 2.45) is 5.41 Å². The van der Waals surface area contributed by atoms with Crippen LogP contribution in [-0.2, 0) is 4.79 Å². The highest BCUT2D eigenvalue weighted by Crippen LogP contribution is 2.41. The SMILES string of the molecule is COc1cc(C(=O)NN2CCC3(CC2)CCN(C(=O)O)CC3)ccc1Nc1ncc2c(n1)N(C(C)C)CC(F)(F)C(=O)N2C. The number of anilines is 4. The number of carbonyl (C=O) groups excluding carboxylic acids is 2. The lowest BCUT2D eigenvalue weighted by atomic mass is 9.71. The van der Waals surface area contributed by atoms with E-state index < -0.39 is 24.5 Å². The number of methoxy groups -OCH3 is 1. The molecule has 4 heterocycles. The number of hydrogen-bond donors (Lipinski definition) is 3. The number of aromatic nitrogens is 2. The van der Waals surface area contributed by atoms with Gasteiger partial charge in [0.05, 0.1) is 25.5 Å². The van der Waals surface area contributed by atoms with Gasteiger partial charge in [-0.1, -0.05) is 0 Å². The first-order valence-corrected chi connectivity index (χ1v) is 14.6. The number of rotatable bonds is 6. The van der Waals surface area contributed by atoms with E-state index in [4.69, 9.17) is 4.74 Å². The van der Waals surface area contributed by atoms with Crippen LogP contribution in [0.15, 0.2) is 24.4 Å². The number of hydrogen-bond acceptors (Lipinski definition) is 9. The summed E-state index contributed by atoms with van der Waals surface area (Å²) in [4.78, 5) is 49.2. The first-order chi connectivity index (χ1) is 20.8. The van der Waals surface area contributed by atoms with Crippen LogP contribution in [0.4, 0.5) is 36.7 Å². The van der Waals surface area contributed by atoms with Crippen LogP contribution < -0.4 is 25.3 Å². The highest BCUT2D eigenvalue weighted by molar-refractivity contribution is 6.02. The second kappa shape index (κ2) is 12.0. The summed E-state index contributed by atoms with van der Waals surface area (Å²) in [5.74, 6) is -4.58. The molecular formula is C29H38F2N8O5. The number of halogens is 2. The number of nitrogens with zero attached hydrogens (tertiary/aromatic N) is 6. The van der Waals surface area contributed by atoms with Gasteiger partial charge < -0.3 is 29.9 Å². The summed E-state index contributed by atoms with van der Waals surface area (Å²) in [6, 6.07) is 4.49. The van der Waals surface area contributed by atoms with Crippen molar-refractivity contribution >= 4 is 41.0 Å². The Balaban J connectivity index is 1.26. The fourth-order valence-electron chi connectivity index (χ4n) is 6.04. The van der Waals surface area contributed by atoms with E-state index in [0.29, 0.717) is 43.2 Å². The zero-order chi connectivity index (χ0) is 31.8. The maximum absolute atomic E-state index is 14.6. The van der Waals surface area contributed by atoms with Crippen LogP contribution in [0.3, 0.4) is 0 Å². The smallest absolute Gasteiger partial charge is 0.407 e. The lowest BCUT2D eigenvalue weighted by molar-refractivity contribution is -0.140. The third kappa shape index (κ3) is 6.18. The molecule has 2 fully saturated rings. The Morgan fingerprint density at radius 3 is 2.36 bits per heavy atom. The third-order valence-electron chi connectivity index (χ3n) is 8.88.